The van der Waals surface area contributed by atoms with E-state index in [0.29, 0.717) is 0 Å². The maximum absolute atomic E-state index is 12.8. The summed E-state index contributed by atoms with van der Waals surface area (Å²) in [5.41, 5.74) is 2.13. The Hall–Kier alpha value is -2.40. The molecule has 2 aromatic rings. The first-order chi connectivity index (χ1) is 10.5. The average molecular weight is 317 g/mol. The van der Waals surface area contributed by atoms with Gasteiger partial charge < -0.3 is 4.90 Å². The number of para-hydroxylation sites is 1. The van der Waals surface area contributed by atoms with Crippen LogP contribution in [0.1, 0.15) is 22.8 Å². The molecule has 0 radical (unpaired) electrons. The van der Waals surface area contributed by atoms with Gasteiger partial charge >= 0.3 is 0 Å². The zero-order valence-electron chi connectivity index (χ0n) is 11.8. The second-order valence-corrected chi connectivity index (χ2v) is 5.69. The quantitative estimate of drug-likeness (QED) is 0.624. The third kappa shape index (κ3) is 2.33. The molecule has 5 nitrogen and oxygen atoms in total. The first-order valence-electron chi connectivity index (χ1n) is 6.84. The van der Waals surface area contributed by atoms with Crippen molar-refractivity contribution in [1.82, 2.24) is 0 Å². The number of nitro groups is 1. The molecule has 1 aliphatic heterocycles. The Morgan fingerprint density at radius 3 is 2.73 bits per heavy atom. The number of nitro benzene ring substituents is 1. The molecular formula is C16H13ClN2O3. The lowest BCUT2D eigenvalue weighted by atomic mass is 10.1. The predicted octanol–water partition coefficient (Wildman–Crippen LogP) is 3.84. The Morgan fingerprint density at radius 1 is 1.32 bits per heavy atom. The molecule has 22 heavy (non-hydrogen) atoms. The molecule has 1 atom stereocenters. The van der Waals surface area contributed by atoms with Gasteiger partial charge in [-0.15, -0.1) is 0 Å². The van der Waals surface area contributed by atoms with E-state index in [1.165, 1.54) is 18.2 Å². The van der Waals surface area contributed by atoms with Crippen molar-refractivity contribution in [2.75, 3.05) is 4.90 Å². The maximum atomic E-state index is 12.8. The highest BCUT2D eigenvalue weighted by molar-refractivity contribution is 6.34. The van der Waals surface area contributed by atoms with Crippen molar-refractivity contribution in [3.8, 4) is 0 Å². The van der Waals surface area contributed by atoms with Gasteiger partial charge in [0, 0.05) is 23.9 Å². The summed E-state index contributed by atoms with van der Waals surface area (Å²) >= 11 is 6.07. The normalized spacial score (nSPS) is 16.5. The second kappa shape index (κ2) is 5.42. The van der Waals surface area contributed by atoms with Crippen molar-refractivity contribution in [2.24, 2.45) is 0 Å². The van der Waals surface area contributed by atoms with Gasteiger partial charge in [-0.3, -0.25) is 14.9 Å². The van der Waals surface area contributed by atoms with E-state index in [4.69, 9.17) is 11.6 Å². The molecule has 1 aliphatic rings. The lowest BCUT2D eigenvalue weighted by Gasteiger charge is -2.23. The fraction of sp³-hybridized carbons (Fsp3) is 0.188. The number of benzene rings is 2. The maximum Gasteiger partial charge on any atom is 0.270 e. The Kier molecular flexibility index (Phi) is 3.58. The minimum absolute atomic E-state index is 0.0242. The average Bonchev–Trinajstić information content (AvgIpc) is 2.82. The van der Waals surface area contributed by atoms with Crippen LogP contribution in [0.15, 0.2) is 42.5 Å². The molecule has 0 spiro atoms. The van der Waals surface area contributed by atoms with Gasteiger partial charge in [-0.1, -0.05) is 29.8 Å². The lowest BCUT2D eigenvalue weighted by Crippen LogP contribution is -2.35. The van der Waals surface area contributed by atoms with E-state index >= 15 is 0 Å². The van der Waals surface area contributed by atoms with Crippen molar-refractivity contribution in [2.45, 2.75) is 19.4 Å². The molecule has 112 valence electrons. The number of halogens is 1. The van der Waals surface area contributed by atoms with Gasteiger partial charge in [0.2, 0.25) is 0 Å². The van der Waals surface area contributed by atoms with Crippen LogP contribution in [0, 0.1) is 10.1 Å². The van der Waals surface area contributed by atoms with Crippen LogP contribution in [-0.4, -0.2) is 16.9 Å². The van der Waals surface area contributed by atoms with Crippen LogP contribution >= 0.6 is 11.6 Å². The van der Waals surface area contributed by atoms with Crippen LogP contribution in [0.4, 0.5) is 11.4 Å². The number of amides is 1. The van der Waals surface area contributed by atoms with E-state index in [2.05, 4.69) is 0 Å². The van der Waals surface area contributed by atoms with Gasteiger partial charge in [0.05, 0.1) is 15.5 Å². The fourth-order valence-electron chi connectivity index (χ4n) is 2.80. The Morgan fingerprint density at radius 2 is 2.05 bits per heavy atom. The molecular weight excluding hydrogens is 304 g/mol. The van der Waals surface area contributed by atoms with Gasteiger partial charge in [-0.2, -0.15) is 0 Å². The van der Waals surface area contributed by atoms with Crippen molar-refractivity contribution in [3.05, 3.63) is 68.7 Å². The molecule has 0 N–H and O–H groups in total. The van der Waals surface area contributed by atoms with Crippen molar-refractivity contribution < 1.29 is 9.72 Å². The van der Waals surface area contributed by atoms with Crippen molar-refractivity contribution >= 4 is 28.9 Å². The monoisotopic (exact) mass is 316 g/mol. The van der Waals surface area contributed by atoms with Crippen LogP contribution in [0.2, 0.25) is 5.02 Å². The summed E-state index contributed by atoms with van der Waals surface area (Å²) in [7, 11) is 0. The van der Waals surface area contributed by atoms with E-state index in [0.717, 1.165) is 17.7 Å². The number of hydrogen-bond donors (Lipinski definition) is 0. The topological polar surface area (TPSA) is 63.5 Å². The molecule has 1 heterocycles. The summed E-state index contributed by atoms with van der Waals surface area (Å²) in [6.07, 6.45) is 0.784. The van der Waals surface area contributed by atoms with Gasteiger partial charge in [-0.25, -0.2) is 0 Å². The third-order valence-corrected chi connectivity index (χ3v) is 4.13. The summed E-state index contributed by atoms with van der Waals surface area (Å²) in [6.45, 7) is 1.97. The number of hydrogen-bond acceptors (Lipinski definition) is 3. The number of anilines is 1. The lowest BCUT2D eigenvalue weighted by molar-refractivity contribution is -0.384. The van der Waals surface area contributed by atoms with E-state index in [-0.39, 0.29) is 28.2 Å². The molecule has 6 heteroatoms. The number of rotatable bonds is 2. The number of carbonyl (C=O) groups excluding carboxylic acids is 1. The predicted molar refractivity (Wildman–Crippen MR) is 84.5 cm³/mol. The molecule has 0 fully saturated rings. The zero-order chi connectivity index (χ0) is 15.9. The van der Waals surface area contributed by atoms with E-state index < -0.39 is 4.92 Å². The van der Waals surface area contributed by atoms with E-state index in [1.54, 1.807) is 4.90 Å². The minimum atomic E-state index is -0.534. The zero-order valence-corrected chi connectivity index (χ0v) is 12.6. The largest absolute Gasteiger partial charge is 0.305 e. The number of fused-ring (bicyclic) bond motifs is 1. The number of non-ortho nitro benzene ring substituents is 1. The second-order valence-electron chi connectivity index (χ2n) is 5.28. The molecule has 0 bridgehead atoms. The van der Waals surface area contributed by atoms with Crippen LogP contribution in [0.5, 0.6) is 0 Å². The van der Waals surface area contributed by atoms with Crippen molar-refractivity contribution in [1.29, 1.82) is 0 Å². The van der Waals surface area contributed by atoms with Gasteiger partial charge in [0.1, 0.15) is 0 Å². The Labute approximate surface area is 132 Å². The van der Waals surface area contributed by atoms with Crippen LogP contribution in [-0.2, 0) is 6.42 Å². The summed E-state index contributed by atoms with van der Waals surface area (Å²) in [5, 5.41) is 10.9. The van der Waals surface area contributed by atoms with Crippen LogP contribution in [0.3, 0.4) is 0 Å². The molecule has 0 saturated carbocycles. The SMILES string of the molecule is C[C@H]1Cc2ccccc2N1C(=O)c1ccc([N+](=O)[O-])cc1Cl. The summed E-state index contributed by atoms with van der Waals surface area (Å²) in [6, 6.07) is 11.7. The molecule has 3 rings (SSSR count). The highest BCUT2D eigenvalue weighted by Gasteiger charge is 2.32. The Balaban J connectivity index is 2.00. The third-order valence-electron chi connectivity index (χ3n) is 3.82. The minimum Gasteiger partial charge on any atom is -0.305 e. The van der Waals surface area contributed by atoms with E-state index in [1.807, 2.05) is 31.2 Å². The van der Waals surface area contributed by atoms with Crippen LogP contribution < -0.4 is 4.90 Å². The highest BCUT2D eigenvalue weighted by Crippen LogP contribution is 2.34. The molecule has 2 aromatic carbocycles. The van der Waals surface area contributed by atoms with Gasteiger partial charge in [-0.05, 0) is 31.0 Å². The Bertz CT molecular complexity index is 776. The molecule has 1 amide bonds. The molecule has 0 saturated heterocycles. The van der Waals surface area contributed by atoms with Gasteiger partial charge in [0.25, 0.3) is 11.6 Å². The summed E-state index contributed by atoms with van der Waals surface area (Å²) < 4.78 is 0. The fourth-order valence-corrected chi connectivity index (χ4v) is 3.05. The molecule has 0 aliphatic carbocycles. The van der Waals surface area contributed by atoms with E-state index in [9.17, 15) is 14.9 Å². The number of carbonyl (C=O) groups is 1. The summed E-state index contributed by atoms with van der Waals surface area (Å²) in [4.78, 5) is 24.7. The number of nitrogens with zero attached hydrogens (tertiary/aromatic N) is 2. The van der Waals surface area contributed by atoms with Gasteiger partial charge in [0.15, 0.2) is 0 Å². The smallest absolute Gasteiger partial charge is 0.270 e. The summed E-state index contributed by atoms with van der Waals surface area (Å²) in [5.74, 6) is -0.239. The first kappa shape index (κ1) is 14.5. The highest BCUT2D eigenvalue weighted by atomic mass is 35.5. The molecule has 0 aromatic heterocycles. The standard InChI is InChI=1S/C16H13ClN2O3/c1-10-8-11-4-2-3-5-15(11)18(10)16(20)13-7-6-12(19(21)22)9-14(13)17/h2-7,9-10H,8H2,1H3/t10-/m0/s1. The molecule has 0 unspecified atom stereocenters. The van der Waals surface area contributed by atoms with Crippen molar-refractivity contribution in [3.63, 3.8) is 0 Å². The first-order valence-corrected chi connectivity index (χ1v) is 7.22. The van der Waals surface area contributed by atoms with Crippen LogP contribution in [0.25, 0.3) is 0 Å².